The number of aldehydes is 1. The van der Waals surface area contributed by atoms with Crippen LogP contribution in [0, 0.1) is 20.8 Å². The molecule has 2 heteroatoms. The van der Waals surface area contributed by atoms with Crippen molar-refractivity contribution in [3.63, 3.8) is 0 Å². The zero-order valence-electron chi connectivity index (χ0n) is 12.7. The van der Waals surface area contributed by atoms with Crippen LogP contribution in [0.3, 0.4) is 0 Å². The van der Waals surface area contributed by atoms with Crippen LogP contribution in [0.2, 0.25) is 0 Å². The fourth-order valence-electron chi connectivity index (χ4n) is 3.15. The quantitative estimate of drug-likeness (QED) is 0.649. The normalized spacial score (nSPS) is 11.0. The van der Waals surface area contributed by atoms with E-state index < -0.39 is 0 Å². The van der Waals surface area contributed by atoms with Gasteiger partial charge in [0.05, 0.1) is 5.52 Å². The van der Waals surface area contributed by atoms with Crippen LogP contribution in [0.5, 0.6) is 0 Å². The predicted molar refractivity (Wildman–Crippen MR) is 87.1 cm³/mol. The van der Waals surface area contributed by atoms with Gasteiger partial charge in [-0.3, -0.25) is 4.79 Å². The standard InChI is InChI=1S/C19H19NO/c1-13-9-14(2)18(15(3)10-13)11-20-8-7-16-5-4-6-17(12-21)19(16)20/h4-10,12H,11H2,1-3H3. The molecule has 0 fully saturated rings. The summed E-state index contributed by atoms with van der Waals surface area (Å²) >= 11 is 0. The lowest BCUT2D eigenvalue weighted by atomic mass is 9.99. The first-order chi connectivity index (χ1) is 10.1. The van der Waals surface area contributed by atoms with E-state index in [4.69, 9.17) is 0 Å². The van der Waals surface area contributed by atoms with Gasteiger partial charge in [-0.1, -0.05) is 29.8 Å². The molecular weight excluding hydrogens is 258 g/mol. The molecule has 2 aromatic carbocycles. The Kier molecular flexibility index (Phi) is 3.38. The van der Waals surface area contributed by atoms with E-state index in [9.17, 15) is 4.79 Å². The van der Waals surface area contributed by atoms with Crippen molar-refractivity contribution >= 4 is 17.2 Å². The van der Waals surface area contributed by atoms with Crippen molar-refractivity contribution in [2.24, 2.45) is 0 Å². The van der Waals surface area contributed by atoms with Crippen molar-refractivity contribution in [2.45, 2.75) is 27.3 Å². The summed E-state index contributed by atoms with van der Waals surface area (Å²) in [4.78, 5) is 11.3. The van der Waals surface area contributed by atoms with Gasteiger partial charge >= 0.3 is 0 Å². The molecule has 2 nitrogen and oxygen atoms in total. The minimum Gasteiger partial charge on any atom is -0.342 e. The van der Waals surface area contributed by atoms with E-state index in [1.807, 2.05) is 18.2 Å². The summed E-state index contributed by atoms with van der Waals surface area (Å²) in [5.74, 6) is 0. The molecule has 3 aromatic rings. The largest absolute Gasteiger partial charge is 0.342 e. The van der Waals surface area contributed by atoms with E-state index in [0.29, 0.717) is 0 Å². The summed E-state index contributed by atoms with van der Waals surface area (Å²) in [6.45, 7) is 7.23. The van der Waals surface area contributed by atoms with E-state index in [0.717, 1.165) is 29.3 Å². The molecule has 0 radical (unpaired) electrons. The lowest BCUT2D eigenvalue weighted by molar-refractivity contribution is 0.112. The number of aromatic nitrogens is 1. The van der Waals surface area contributed by atoms with Crippen LogP contribution in [0.15, 0.2) is 42.6 Å². The van der Waals surface area contributed by atoms with Gasteiger partial charge in [0.25, 0.3) is 0 Å². The van der Waals surface area contributed by atoms with Gasteiger partial charge in [-0.15, -0.1) is 0 Å². The highest BCUT2D eigenvalue weighted by Crippen LogP contribution is 2.23. The number of fused-ring (bicyclic) bond motifs is 1. The Hall–Kier alpha value is -2.35. The van der Waals surface area contributed by atoms with Crippen molar-refractivity contribution in [2.75, 3.05) is 0 Å². The summed E-state index contributed by atoms with van der Waals surface area (Å²) in [5, 5.41) is 1.11. The van der Waals surface area contributed by atoms with Gasteiger partial charge in [0.2, 0.25) is 0 Å². The second-order valence-electron chi connectivity index (χ2n) is 5.72. The highest BCUT2D eigenvalue weighted by atomic mass is 16.1. The molecule has 0 bridgehead atoms. The van der Waals surface area contributed by atoms with Crippen LogP contribution in [-0.2, 0) is 6.54 Å². The minimum absolute atomic E-state index is 0.750. The Morgan fingerprint density at radius 1 is 1.05 bits per heavy atom. The number of carbonyl (C=O) groups is 1. The molecule has 1 aromatic heterocycles. The van der Waals surface area contributed by atoms with Gasteiger partial charge in [0, 0.05) is 23.7 Å². The smallest absolute Gasteiger partial charge is 0.152 e. The topological polar surface area (TPSA) is 22.0 Å². The van der Waals surface area contributed by atoms with Gasteiger partial charge in [0.1, 0.15) is 0 Å². The van der Waals surface area contributed by atoms with Crippen LogP contribution < -0.4 is 0 Å². The van der Waals surface area contributed by atoms with Crippen LogP contribution in [0.1, 0.15) is 32.6 Å². The number of benzene rings is 2. The maximum Gasteiger partial charge on any atom is 0.152 e. The maximum atomic E-state index is 11.3. The summed E-state index contributed by atoms with van der Waals surface area (Å²) < 4.78 is 2.17. The highest BCUT2D eigenvalue weighted by molar-refractivity contribution is 5.96. The Morgan fingerprint density at radius 2 is 1.76 bits per heavy atom. The number of para-hydroxylation sites is 1. The highest BCUT2D eigenvalue weighted by Gasteiger charge is 2.09. The van der Waals surface area contributed by atoms with Gasteiger partial charge in [0.15, 0.2) is 6.29 Å². The minimum atomic E-state index is 0.750. The monoisotopic (exact) mass is 277 g/mol. The molecule has 0 saturated heterocycles. The third-order valence-corrected chi connectivity index (χ3v) is 4.12. The summed E-state index contributed by atoms with van der Waals surface area (Å²) in [5.41, 5.74) is 7.00. The Labute approximate surface area is 125 Å². The molecule has 21 heavy (non-hydrogen) atoms. The molecule has 106 valence electrons. The van der Waals surface area contributed by atoms with E-state index in [1.165, 1.54) is 22.3 Å². The van der Waals surface area contributed by atoms with Gasteiger partial charge in [-0.2, -0.15) is 0 Å². The van der Waals surface area contributed by atoms with E-state index in [2.05, 4.69) is 49.7 Å². The van der Waals surface area contributed by atoms with Crippen LogP contribution >= 0.6 is 0 Å². The number of nitrogens with zero attached hydrogens (tertiary/aromatic N) is 1. The van der Waals surface area contributed by atoms with E-state index in [1.54, 1.807) is 0 Å². The number of carbonyl (C=O) groups excluding carboxylic acids is 1. The maximum absolute atomic E-state index is 11.3. The van der Waals surface area contributed by atoms with E-state index >= 15 is 0 Å². The summed E-state index contributed by atoms with van der Waals surface area (Å²) in [7, 11) is 0. The first-order valence-corrected chi connectivity index (χ1v) is 7.20. The molecule has 0 atom stereocenters. The van der Waals surface area contributed by atoms with Crippen molar-refractivity contribution in [3.05, 3.63) is 70.4 Å². The zero-order chi connectivity index (χ0) is 15.0. The molecule has 0 N–H and O–H groups in total. The average molecular weight is 277 g/mol. The number of rotatable bonds is 3. The average Bonchev–Trinajstić information content (AvgIpc) is 2.86. The number of hydrogen-bond donors (Lipinski definition) is 0. The first kappa shape index (κ1) is 13.6. The second kappa shape index (κ2) is 5.21. The van der Waals surface area contributed by atoms with Gasteiger partial charge < -0.3 is 4.57 Å². The Morgan fingerprint density at radius 3 is 2.43 bits per heavy atom. The Bertz CT molecular complexity index is 804. The fourth-order valence-corrected chi connectivity index (χ4v) is 3.15. The van der Waals surface area contributed by atoms with Crippen molar-refractivity contribution < 1.29 is 4.79 Å². The van der Waals surface area contributed by atoms with Crippen LogP contribution in [0.25, 0.3) is 10.9 Å². The number of hydrogen-bond acceptors (Lipinski definition) is 1. The van der Waals surface area contributed by atoms with Crippen LogP contribution in [-0.4, -0.2) is 10.9 Å². The Balaban J connectivity index is 2.13. The third-order valence-electron chi connectivity index (χ3n) is 4.12. The van der Waals surface area contributed by atoms with Crippen molar-refractivity contribution in [3.8, 4) is 0 Å². The second-order valence-corrected chi connectivity index (χ2v) is 5.72. The fraction of sp³-hybridized carbons (Fsp3) is 0.211. The van der Waals surface area contributed by atoms with Crippen LogP contribution in [0.4, 0.5) is 0 Å². The molecular formula is C19H19NO. The number of aryl methyl sites for hydroxylation is 3. The molecule has 3 rings (SSSR count). The predicted octanol–water partition coefficient (Wildman–Crippen LogP) is 4.43. The lowest BCUT2D eigenvalue weighted by Gasteiger charge is -2.14. The lowest BCUT2D eigenvalue weighted by Crippen LogP contribution is -2.04. The van der Waals surface area contributed by atoms with Gasteiger partial charge in [-0.25, -0.2) is 0 Å². The molecule has 1 heterocycles. The third kappa shape index (κ3) is 2.38. The zero-order valence-corrected chi connectivity index (χ0v) is 12.7. The summed E-state index contributed by atoms with van der Waals surface area (Å²) in [6, 6.07) is 12.4. The molecule has 0 aliphatic heterocycles. The van der Waals surface area contributed by atoms with Gasteiger partial charge in [-0.05, 0) is 49.6 Å². The van der Waals surface area contributed by atoms with Crippen molar-refractivity contribution in [1.82, 2.24) is 4.57 Å². The molecule has 0 saturated carbocycles. The molecule has 0 unspecified atom stereocenters. The molecule has 0 amide bonds. The van der Waals surface area contributed by atoms with E-state index in [-0.39, 0.29) is 0 Å². The summed E-state index contributed by atoms with van der Waals surface area (Å²) in [6.07, 6.45) is 3.00. The molecule has 0 aliphatic rings. The molecule has 0 spiro atoms. The molecule has 0 aliphatic carbocycles. The van der Waals surface area contributed by atoms with Crippen molar-refractivity contribution in [1.29, 1.82) is 0 Å². The first-order valence-electron chi connectivity index (χ1n) is 7.20. The SMILES string of the molecule is Cc1cc(C)c(Cn2ccc3cccc(C=O)c32)c(C)c1.